The summed E-state index contributed by atoms with van der Waals surface area (Å²) in [5.74, 6) is 0.619. The Kier molecular flexibility index (Phi) is 1.45. The van der Waals surface area contributed by atoms with Gasteiger partial charge >= 0.3 is 0 Å². The van der Waals surface area contributed by atoms with Gasteiger partial charge in [0.25, 0.3) is 0 Å². The fourth-order valence-corrected chi connectivity index (χ4v) is 1.56. The van der Waals surface area contributed by atoms with E-state index in [1.165, 1.54) is 17.0 Å². The summed E-state index contributed by atoms with van der Waals surface area (Å²) in [6, 6.07) is 0. The smallest absolute Gasteiger partial charge is 0.0476 e. The molecule has 1 heteroatoms. The molecule has 1 aliphatic heterocycles. The lowest BCUT2D eigenvalue weighted by Crippen LogP contribution is -2.04. The van der Waals surface area contributed by atoms with E-state index in [1.807, 2.05) is 0 Å². The maximum absolute atomic E-state index is 4.58. The van der Waals surface area contributed by atoms with Crippen LogP contribution in [-0.4, -0.2) is 5.71 Å². The monoisotopic (exact) mass is 147 g/mol. The minimum atomic E-state index is 0.619. The first-order valence-electron chi connectivity index (χ1n) is 4.23. The van der Waals surface area contributed by atoms with E-state index in [9.17, 15) is 0 Å². The van der Waals surface area contributed by atoms with Gasteiger partial charge in [0.2, 0.25) is 0 Å². The van der Waals surface area contributed by atoms with Gasteiger partial charge < -0.3 is 0 Å². The van der Waals surface area contributed by atoms with Gasteiger partial charge in [-0.05, 0) is 11.5 Å². The topological polar surface area (TPSA) is 12.4 Å². The fourth-order valence-electron chi connectivity index (χ4n) is 1.56. The van der Waals surface area contributed by atoms with Gasteiger partial charge in [0.1, 0.15) is 0 Å². The molecule has 2 aliphatic rings. The summed E-state index contributed by atoms with van der Waals surface area (Å²) in [6.45, 7) is 4.43. The average molecular weight is 147 g/mol. The van der Waals surface area contributed by atoms with Crippen LogP contribution >= 0.6 is 0 Å². The minimum Gasteiger partial charge on any atom is -0.261 e. The molecular weight excluding hydrogens is 134 g/mol. The Morgan fingerprint density at radius 1 is 1.45 bits per heavy atom. The highest BCUT2D eigenvalue weighted by Gasteiger charge is 2.19. The van der Waals surface area contributed by atoms with E-state index < -0.39 is 0 Å². The SMILES string of the molecule is CC(C)C1=NC2=C(C=CC2)C1. The molecule has 0 spiro atoms. The molecule has 58 valence electrons. The summed E-state index contributed by atoms with van der Waals surface area (Å²) >= 11 is 0. The third-order valence-electron chi connectivity index (χ3n) is 2.32. The largest absolute Gasteiger partial charge is 0.261 e. The Bertz CT molecular complexity index is 267. The van der Waals surface area contributed by atoms with E-state index in [-0.39, 0.29) is 0 Å². The van der Waals surface area contributed by atoms with Crippen LogP contribution in [0.5, 0.6) is 0 Å². The number of nitrogens with zero attached hydrogens (tertiary/aromatic N) is 1. The molecule has 2 rings (SSSR count). The Labute approximate surface area is 67.5 Å². The van der Waals surface area contributed by atoms with E-state index in [1.54, 1.807) is 0 Å². The predicted octanol–water partition coefficient (Wildman–Crippen LogP) is 2.70. The van der Waals surface area contributed by atoms with Crippen LogP contribution in [0.4, 0.5) is 0 Å². The summed E-state index contributed by atoms with van der Waals surface area (Å²) in [5, 5.41) is 0. The molecule has 1 aliphatic carbocycles. The lowest BCUT2D eigenvalue weighted by Gasteiger charge is -2.03. The van der Waals surface area contributed by atoms with Gasteiger partial charge in [-0.2, -0.15) is 0 Å². The van der Waals surface area contributed by atoms with Crippen molar-refractivity contribution in [1.82, 2.24) is 0 Å². The lowest BCUT2D eigenvalue weighted by molar-refractivity contribution is 0.869. The van der Waals surface area contributed by atoms with Crippen LogP contribution in [0.2, 0.25) is 0 Å². The molecule has 0 fully saturated rings. The van der Waals surface area contributed by atoms with Gasteiger partial charge in [0.05, 0.1) is 0 Å². The molecule has 0 saturated heterocycles. The Hall–Kier alpha value is -0.850. The van der Waals surface area contributed by atoms with Crippen molar-refractivity contribution in [3.63, 3.8) is 0 Å². The highest BCUT2D eigenvalue weighted by atomic mass is 14.8. The van der Waals surface area contributed by atoms with Gasteiger partial charge in [-0.25, -0.2) is 0 Å². The molecule has 0 saturated carbocycles. The first-order chi connectivity index (χ1) is 5.27. The molecule has 0 aromatic heterocycles. The van der Waals surface area contributed by atoms with Crippen molar-refractivity contribution in [2.24, 2.45) is 10.9 Å². The number of aliphatic imine (C=N–C) groups is 1. The first-order valence-corrected chi connectivity index (χ1v) is 4.23. The predicted molar refractivity (Wildman–Crippen MR) is 47.7 cm³/mol. The van der Waals surface area contributed by atoms with E-state index in [0.29, 0.717) is 5.92 Å². The molecule has 1 nitrogen and oxygen atoms in total. The summed E-state index contributed by atoms with van der Waals surface area (Å²) in [5.41, 5.74) is 4.13. The van der Waals surface area contributed by atoms with Crippen LogP contribution in [0.15, 0.2) is 28.4 Å². The van der Waals surface area contributed by atoms with Crippen LogP contribution < -0.4 is 0 Å². The summed E-state index contributed by atoms with van der Waals surface area (Å²) in [4.78, 5) is 4.58. The Morgan fingerprint density at radius 2 is 2.27 bits per heavy atom. The lowest BCUT2D eigenvalue weighted by atomic mass is 10.0. The van der Waals surface area contributed by atoms with Crippen molar-refractivity contribution < 1.29 is 0 Å². The van der Waals surface area contributed by atoms with E-state index in [0.717, 1.165) is 12.8 Å². The zero-order chi connectivity index (χ0) is 7.84. The molecule has 0 aromatic rings. The highest BCUT2D eigenvalue weighted by Crippen LogP contribution is 2.30. The maximum atomic E-state index is 4.58. The Balaban J connectivity index is 2.17. The molecule has 11 heavy (non-hydrogen) atoms. The molecular formula is C10H13N. The van der Waals surface area contributed by atoms with Crippen molar-refractivity contribution in [2.75, 3.05) is 0 Å². The molecule has 0 amide bonds. The van der Waals surface area contributed by atoms with Crippen LogP contribution in [-0.2, 0) is 0 Å². The van der Waals surface area contributed by atoms with Gasteiger partial charge in [0, 0.05) is 24.3 Å². The third-order valence-corrected chi connectivity index (χ3v) is 2.32. The van der Waals surface area contributed by atoms with Gasteiger partial charge in [-0.1, -0.05) is 26.0 Å². The van der Waals surface area contributed by atoms with Crippen molar-refractivity contribution in [2.45, 2.75) is 26.7 Å². The fraction of sp³-hybridized carbons (Fsp3) is 0.500. The number of hydrogen-bond donors (Lipinski definition) is 0. The molecule has 1 heterocycles. The zero-order valence-electron chi connectivity index (χ0n) is 7.09. The standard InChI is InChI=1S/C10H13N/c1-7(2)10-6-8-4-3-5-9(8)11-10/h3-4,7H,5-6H2,1-2H3. The second-order valence-corrected chi connectivity index (χ2v) is 3.51. The molecule has 0 aromatic carbocycles. The summed E-state index contributed by atoms with van der Waals surface area (Å²) < 4.78 is 0. The van der Waals surface area contributed by atoms with E-state index in [4.69, 9.17) is 0 Å². The number of allylic oxidation sites excluding steroid dienone is 3. The normalized spacial score (nSPS) is 21.5. The van der Waals surface area contributed by atoms with Gasteiger partial charge in [0.15, 0.2) is 0 Å². The number of hydrogen-bond acceptors (Lipinski definition) is 1. The second-order valence-electron chi connectivity index (χ2n) is 3.51. The molecule has 0 radical (unpaired) electrons. The maximum Gasteiger partial charge on any atom is 0.0476 e. The van der Waals surface area contributed by atoms with Crippen molar-refractivity contribution in [3.05, 3.63) is 23.4 Å². The Morgan fingerprint density at radius 3 is 2.91 bits per heavy atom. The molecule has 0 bridgehead atoms. The highest BCUT2D eigenvalue weighted by molar-refractivity contribution is 5.92. The van der Waals surface area contributed by atoms with Crippen LogP contribution in [0.1, 0.15) is 26.7 Å². The number of rotatable bonds is 1. The van der Waals surface area contributed by atoms with Crippen molar-refractivity contribution in [1.29, 1.82) is 0 Å². The zero-order valence-corrected chi connectivity index (χ0v) is 7.09. The van der Waals surface area contributed by atoms with Gasteiger partial charge in [-0.15, -0.1) is 0 Å². The van der Waals surface area contributed by atoms with Gasteiger partial charge in [-0.3, -0.25) is 4.99 Å². The van der Waals surface area contributed by atoms with Crippen molar-refractivity contribution >= 4 is 5.71 Å². The van der Waals surface area contributed by atoms with Crippen LogP contribution in [0.25, 0.3) is 0 Å². The average Bonchev–Trinajstić information content (AvgIpc) is 2.40. The molecule has 0 N–H and O–H groups in total. The van der Waals surface area contributed by atoms with Crippen molar-refractivity contribution in [3.8, 4) is 0 Å². The summed E-state index contributed by atoms with van der Waals surface area (Å²) in [6.07, 6.45) is 6.58. The third kappa shape index (κ3) is 1.05. The van der Waals surface area contributed by atoms with E-state index >= 15 is 0 Å². The summed E-state index contributed by atoms with van der Waals surface area (Å²) in [7, 11) is 0. The minimum absolute atomic E-state index is 0.619. The van der Waals surface area contributed by atoms with E-state index in [2.05, 4.69) is 31.0 Å². The second kappa shape index (κ2) is 2.33. The molecule has 0 unspecified atom stereocenters. The van der Waals surface area contributed by atoms with Crippen LogP contribution in [0.3, 0.4) is 0 Å². The quantitative estimate of drug-likeness (QED) is 0.540. The van der Waals surface area contributed by atoms with Crippen LogP contribution in [0, 0.1) is 5.92 Å². The first kappa shape index (κ1) is 6.84. The molecule has 0 atom stereocenters.